The third-order valence-electron chi connectivity index (χ3n) is 3.79. The molecule has 140 valence electrons. The highest BCUT2D eigenvalue weighted by atomic mass is 79.9. The van der Waals surface area contributed by atoms with E-state index >= 15 is 0 Å². The molecule has 1 fully saturated rings. The topological polar surface area (TPSA) is 66.8 Å². The van der Waals surface area contributed by atoms with Gasteiger partial charge in [-0.15, -0.1) is 0 Å². The molecule has 27 heavy (non-hydrogen) atoms. The molecule has 0 bridgehead atoms. The Labute approximate surface area is 167 Å². The Bertz CT molecular complexity index is 930. The van der Waals surface area contributed by atoms with Gasteiger partial charge < -0.3 is 9.84 Å². The molecule has 0 radical (unpaired) electrons. The number of nitrogens with zero attached hydrogens (tertiary/aromatic N) is 1. The lowest BCUT2D eigenvalue weighted by Crippen LogP contribution is -2.27. The van der Waals surface area contributed by atoms with Crippen molar-refractivity contribution in [2.24, 2.45) is 0 Å². The minimum absolute atomic E-state index is 0.0229. The summed E-state index contributed by atoms with van der Waals surface area (Å²) < 4.78 is 18.9. The fraction of sp³-hybridized carbons (Fsp3) is 0.158. The fourth-order valence-corrected chi connectivity index (χ4v) is 3.77. The number of carbonyl (C=O) groups excluding carboxylic acids is 2. The van der Waals surface area contributed by atoms with Gasteiger partial charge in [0.05, 0.1) is 18.1 Å². The predicted molar refractivity (Wildman–Crippen MR) is 105 cm³/mol. The highest BCUT2D eigenvalue weighted by Crippen LogP contribution is 2.38. The summed E-state index contributed by atoms with van der Waals surface area (Å²) in [4.78, 5) is 26.2. The zero-order valence-corrected chi connectivity index (χ0v) is 16.6. The van der Waals surface area contributed by atoms with Crippen molar-refractivity contribution < 1.29 is 23.8 Å². The molecule has 1 aliphatic rings. The zero-order chi connectivity index (χ0) is 19.6. The number of imide groups is 1. The standard InChI is InChI=1S/C19H15BrFNO4S/c1-2-26-16-7-12(14(20)9-15(16)23)8-17-18(24)22(19(25)27-17)10-11-3-5-13(21)6-4-11/h3-9,23H,2,10H2,1H3/b17-8+. The van der Waals surface area contributed by atoms with Crippen LogP contribution in [0.1, 0.15) is 18.1 Å². The van der Waals surface area contributed by atoms with E-state index < -0.39 is 11.1 Å². The molecule has 5 nitrogen and oxygen atoms in total. The van der Waals surface area contributed by atoms with Crippen molar-refractivity contribution >= 4 is 44.9 Å². The number of aromatic hydroxyl groups is 1. The van der Waals surface area contributed by atoms with Crippen molar-refractivity contribution in [3.63, 3.8) is 0 Å². The van der Waals surface area contributed by atoms with E-state index in [-0.39, 0.29) is 28.8 Å². The molecule has 1 N–H and O–H groups in total. The van der Waals surface area contributed by atoms with E-state index in [0.717, 1.165) is 16.7 Å². The lowest BCUT2D eigenvalue weighted by Gasteiger charge is -2.12. The maximum absolute atomic E-state index is 13.0. The van der Waals surface area contributed by atoms with Crippen LogP contribution < -0.4 is 4.74 Å². The molecule has 0 aliphatic carbocycles. The first kappa shape index (κ1) is 19.4. The van der Waals surface area contributed by atoms with E-state index in [4.69, 9.17) is 4.74 Å². The molecule has 1 saturated heterocycles. The van der Waals surface area contributed by atoms with Crippen LogP contribution in [-0.4, -0.2) is 27.8 Å². The molecule has 8 heteroatoms. The molecule has 0 saturated carbocycles. The first-order valence-corrected chi connectivity index (χ1v) is 9.65. The number of halogens is 2. The molecule has 0 aromatic heterocycles. The number of thioether (sulfide) groups is 1. The maximum atomic E-state index is 13.0. The van der Waals surface area contributed by atoms with E-state index in [1.54, 1.807) is 19.1 Å². The molecule has 2 aromatic rings. The van der Waals surface area contributed by atoms with Crippen LogP contribution in [0.15, 0.2) is 45.8 Å². The van der Waals surface area contributed by atoms with E-state index in [0.29, 0.717) is 22.2 Å². The van der Waals surface area contributed by atoms with Gasteiger partial charge >= 0.3 is 0 Å². The molecule has 0 unspecified atom stereocenters. The zero-order valence-electron chi connectivity index (χ0n) is 14.2. The molecule has 2 amide bonds. The second kappa shape index (κ2) is 8.14. The van der Waals surface area contributed by atoms with Gasteiger partial charge in [0.15, 0.2) is 11.5 Å². The minimum Gasteiger partial charge on any atom is -0.504 e. The highest BCUT2D eigenvalue weighted by molar-refractivity contribution is 9.10. The number of rotatable bonds is 5. The Kier molecular flexibility index (Phi) is 5.86. The third kappa shape index (κ3) is 4.33. The van der Waals surface area contributed by atoms with Crippen molar-refractivity contribution in [1.29, 1.82) is 0 Å². The Morgan fingerprint density at radius 1 is 1.26 bits per heavy atom. The number of phenolic OH excluding ortho intramolecular Hbond substituents is 1. The Morgan fingerprint density at radius 2 is 1.96 bits per heavy atom. The van der Waals surface area contributed by atoms with Crippen LogP contribution in [0.3, 0.4) is 0 Å². The van der Waals surface area contributed by atoms with Gasteiger partial charge in [0.1, 0.15) is 5.82 Å². The predicted octanol–water partition coefficient (Wildman–Crippen LogP) is 4.93. The number of ether oxygens (including phenoxy) is 1. The van der Waals surface area contributed by atoms with Crippen LogP contribution in [0.5, 0.6) is 11.5 Å². The van der Waals surface area contributed by atoms with Crippen molar-refractivity contribution in [1.82, 2.24) is 4.90 Å². The number of phenols is 1. The lowest BCUT2D eigenvalue weighted by atomic mass is 10.1. The van der Waals surface area contributed by atoms with Crippen LogP contribution in [0.2, 0.25) is 0 Å². The number of carbonyl (C=O) groups is 2. The molecule has 1 aliphatic heterocycles. The van der Waals surface area contributed by atoms with Crippen molar-refractivity contribution in [2.75, 3.05) is 6.61 Å². The van der Waals surface area contributed by atoms with Crippen LogP contribution in [0.25, 0.3) is 6.08 Å². The van der Waals surface area contributed by atoms with E-state index in [2.05, 4.69) is 15.9 Å². The molecule has 1 heterocycles. The summed E-state index contributed by atoms with van der Waals surface area (Å²) in [5, 5.41) is 9.50. The summed E-state index contributed by atoms with van der Waals surface area (Å²) in [6, 6.07) is 8.71. The number of amides is 2. The molecule has 0 atom stereocenters. The third-order valence-corrected chi connectivity index (χ3v) is 5.39. The van der Waals surface area contributed by atoms with Gasteiger partial charge in [-0.3, -0.25) is 14.5 Å². The first-order chi connectivity index (χ1) is 12.9. The minimum atomic E-state index is -0.424. The van der Waals surface area contributed by atoms with Gasteiger partial charge in [0.2, 0.25) is 0 Å². The summed E-state index contributed by atoms with van der Waals surface area (Å²) >= 11 is 4.17. The van der Waals surface area contributed by atoms with Gasteiger partial charge in [-0.25, -0.2) is 4.39 Å². The molecule has 3 rings (SSSR count). The Hall–Kier alpha value is -2.32. The Balaban J connectivity index is 1.86. The van der Waals surface area contributed by atoms with Crippen LogP contribution in [0, 0.1) is 5.82 Å². The lowest BCUT2D eigenvalue weighted by molar-refractivity contribution is -0.123. The van der Waals surface area contributed by atoms with Gasteiger partial charge in [-0.1, -0.05) is 28.1 Å². The molecular formula is C19H15BrFNO4S. The number of hydrogen-bond donors (Lipinski definition) is 1. The summed E-state index contributed by atoms with van der Waals surface area (Å²) in [7, 11) is 0. The maximum Gasteiger partial charge on any atom is 0.293 e. The summed E-state index contributed by atoms with van der Waals surface area (Å²) in [6.45, 7) is 2.24. The van der Waals surface area contributed by atoms with Gasteiger partial charge in [0.25, 0.3) is 11.1 Å². The smallest absolute Gasteiger partial charge is 0.293 e. The quantitative estimate of drug-likeness (QED) is 0.652. The fourth-order valence-electron chi connectivity index (χ4n) is 2.49. The SMILES string of the molecule is CCOc1cc(/C=C2/SC(=O)N(Cc3ccc(F)cc3)C2=O)c(Br)cc1O. The monoisotopic (exact) mass is 451 g/mol. The second-order valence-corrected chi connectivity index (χ2v) is 7.52. The average molecular weight is 452 g/mol. The molecular weight excluding hydrogens is 437 g/mol. The molecule has 0 spiro atoms. The van der Waals surface area contributed by atoms with Crippen molar-refractivity contribution in [3.8, 4) is 11.5 Å². The van der Waals surface area contributed by atoms with Gasteiger partial charge in [-0.05, 0) is 60.2 Å². The summed E-state index contributed by atoms with van der Waals surface area (Å²) in [5.74, 6) is -0.537. The van der Waals surface area contributed by atoms with Crippen LogP contribution in [0.4, 0.5) is 9.18 Å². The number of hydrogen-bond acceptors (Lipinski definition) is 5. The van der Waals surface area contributed by atoms with Crippen molar-refractivity contribution in [2.45, 2.75) is 13.5 Å². The Morgan fingerprint density at radius 3 is 2.63 bits per heavy atom. The second-order valence-electron chi connectivity index (χ2n) is 5.67. The summed E-state index contributed by atoms with van der Waals surface area (Å²) in [6.07, 6.45) is 1.57. The van der Waals surface area contributed by atoms with Crippen LogP contribution in [-0.2, 0) is 11.3 Å². The van der Waals surface area contributed by atoms with E-state index in [1.165, 1.54) is 30.3 Å². The number of benzene rings is 2. The molecule has 2 aromatic carbocycles. The average Bonchev–Trinajstić information content (AvgIpc) is 2.88. The largest absolute Gasteiger partial charge is 0.504 e. The van der Waals surface area contributed by atoms with E-state index in [9.17, 15) is 19.1 Å². The first-order valence-electron chi connectivity index (χ1n) is 8.04. The van der Waals surface area contributed by atoms with Gasteiger partial charge in [0, 0.05) is 4.47 Å². The van der Waals surface area contributed by atoms with E-state index in [1.807, 2.05) is 0 Å². The van der Waals surface area contributed by atoms with Crippen molar-refractivity contribution in [3.05, 3.63) is 62.7 Å². The van der Waals surface area contributed by atoms with Crippen LogP contribution >= 0.6 is 27.7 Å². The summed E-state index contributed by atoms with van der Waals surface area (Å²) in [5.41, 5.74) is 1.26. The normalized spacial score (nSPS) is 15.7. The van der Waals surface area contributed by atoms with Gasteiger partial charge in [-0.2, -0.15) is 0 Å². The highest BCUT2D eigenvalue weighted by Gasteiger charge is 2.35.